The molecule has 1 fully saturated rings. The Morgan fingerprint density at radius 2 is 1.93 bits per heavy atom. The smallest absolute Gasteiger partial charge is 0.416 e. The Hall–Kier alpha value is -2.35. The van der Waals surface area contributed by atoms with E-state index in [9.17, 15) is 23.4 Å². The van der Waals surface area contributed by atoms with Gasteiger partial charge in [-0.2, -0.15) is 13.2 Å². The number of aromatic hydroxyl groups is 1. The Bertz CT molecular complexity index is 862. The summed E-state index contributed by atoms with van der Waals surface area (Å²) in [4.78, 5) is 2.07. The van der Waals surface area contributed by atoms with Crippen molar-refractivity contribution >= 4 is 5.82 Å². The molecule has 1 aromatic carbocycles. The van der Waals surface area contributed by atoms with Crippen LogP contribution in [-0.4, -0.2) is 39.1 Å². The van der Waals surface area contributed by atoms with Crippen LogP contribution in [0, 0.1) is 6.92 Å². The van der Waals surface area contributed by atoms with E-state index >= 15 is 0 Å². The minimum atomic E-state index is -4.52. The molecular formula is C19H20F3N3O2. The van der Waals surface area contributed by atoms with Crippen LogP contribution in [0.25, 0.3) is 11.3 Å². The number of phenolic OH excluding ortho intramolecular Hbond substituents is 1. The summed E-state index contributed by atoms with van der Waals surface area (Å²) in [6, 6.07) is 3.54. The standard InChI is InChI=1S/C19H20F3N3O2/c1-10-7-12(19(20,21)22)9-16(27)17(10)13-8-11-5-6-25(18(11)24-23-13)14-3-2-4-15(14)26/h7-9,14-15,26-27H,2-6H2,1H3/t14-,15-/m0/s1. The maximum atomic E-state index is 12.9. The molecule has 1 aliphatic carbocycles. The molecule has 1 aliphatic heterocycles. The number of hydrogen-bond donors (Lipinski definition) is 2. The molecule has 2 N–H and O–H groups in total. The highest BCUT2D eigenvalue weighted by atomic mass is 19.4. The van der Waals surface area contributed by atoms with Crippen molar-refractivity contribution in [1.82, 2.24) is 10.2 Å². The van der Waals surface area contributed by atoms with Gasteiger partial charge < -0.3 is 15.1 Å². The Morgan fingerprint density at radius 1 is 1.15 bits per heavy atom. The van der Waals surface area contributed by atoms with Gasteiger partial charge in [-0.25, -0.2) is 0 Å². The predicted molar refractivity (Wildman–Crippen MR) is 93.6 cm³/mol. The predicted octanol–water partition coefficient (Wildman–Crippen LogP) is 3.45. The van der Waals surface area contributed by atoms with Crippen molar-refractivity contribution < 1.29 is 23.4 Å². The zero-order valence-corrected chi connectivity index (χ0v) is 14.8. The zero-order chi connectivity index (χ0) is 19.3. The molecule has 0 saturated heterocycles. The van der Waals surface area contributed by atoms with Gasteiger partial charge in [-0.05, 0) is 56.4 Å². The normalized spacial score (nSPS) is 22.3. The second kappa shape index (κ2) is 6.37. The Morgan fingerprint density at radius 3 is 2.56 bits per heavy atom. The van der Waals surface area contributed by atoms with Crippen LogP contribution in [-0.2, 0) is 12.6 Å². The molecule has 0 radical (unpaired) electrons. The quantitative estimate of drug-likeness (QED) is 0.837. The summed E-state index contributed by atoms with van der Waals surface area (Å²) < 4.78 is 38.8. The highest BCUT2D eigenvalue weighted by molar-refractivity contribution is 5.73. The van der Waals surface area contributed by atoms with Crippen LogP contribution in [0.15, 0.2) is 18.2 Å². The molecule has 2 aliphatic rings. The van der Waals surface area contributed by atoms with Crippen molar-refractivity contribution in [2.75, 3.05) is 11.4 Å². The second-order valence-electron chi connectivity index (χ2n) is 7.27. The van der Waals surface area contributed by atoms with Crippen LogP contribution < -0.4 is 4.90 Å². The molecule has 1 aromatic heterocycles. The molecule has 0 spiro atoms. The van der Waals surface area contributed by atoms with Gasteiger partial charge in [-0.1, -0.05) is 0 Å². The van der Waals surface area contributed by atoms with E-state index in [1.165, 1.54) is 6.92 Å². The first-order chi connectivity index (χ1) is 12.8. The number of anilines is 1. The minimum absolute atomic E-state index is 0.0348. The van der Waals surface area contributed by atoms with Crippen molar-refractivity contribution in [2.45, 2.75) is 50.9 Å². The van der Waals surface area contributed by atoms with Gasteiger partial charge in [0.25, 0.3) is 0 Å². The summed E-state index contributed by atoms with van der Waals surface area (Å²) in [6.45, 7) is 2.24. The van der Waals surface area contributed by atoms with Crippen LogP contribution >= 0.6 is 0 Å². The Balaban J connectivity index is 1.69. The van der Waals surface area contributed by atoms with Gasteiger partial charge in [-0.3, -0.25) is 0 Å². The number of rotatable bonds is 2. The number of aliphatic hydroxyl groups is 1. The molecular weight excluding hydrogens is 359 g/mol. The molecule has 144 valence electrons. The maximum absolute atomic E-state index is 12.9. The SMILES string of the molecule is Cc1cc(C(F)(F)F)cc(O)c1-c1cc2c(nn1)N([C@H]1CCC[C@@H]1O)CC2. The largest absolute Gasteiger partial charge is 0.507 e. The Labute approximate surface area is 154 Å². The molecule has 27 heavy (non-hydrogen) atoms. The van der Waals surface area contributed by atoms with Gasteiger partial charge >= 0.3 is 6.18 Å². The molecule has 2 atom stereocenters. The number of halogens is 3. The fourth-order valence-corrected chi connectivity index (χ4v) is 4.19. The van der Waals surface area contributed by atoms with Crippen LogP contribution in [0.2, 0.25) is 0 Å². The third-order valence-corrected chi connectivity index (χ3v) is 5.49. The first-order valence-electron chi connectivity index (χ1n) is 8.98. The van der Waals surface area contributed by atoms with Crippen molar-refractivity contribution in [3.8, 4) is 17.0 Å². The average Bonchev–Trinajstić information content (AvgIpc) is 3.18. The second-order valence-corrected chi connectivity index (χ2v) is 7.27. The summed E-state index contributed by atoms with van der Waals surface area (Å²) in [7, 11) is 0. The zero-order valence-electron chi connectivity index (χ0n) is 14.8. The van der Waals surface area contributed by atoms with Gasteiger partial charge in [0.2, 0.25) is 0 Å². The van der Waals surface area contributed by atoms with Crippen molar-refractivity contribution in [3.05, 3.63) is 34.9 Å². The van der Waals surface area contributed by atoms with Crippen LogP contribution in [0.4, 0.5) is 19.0 Å². The first-order valence-corrected chi connectivity index (χ1v) is 8.98. The fourth-order valence-electron chi connectivity index (χ4n) is 4.19. The van der Waals surface area contributed by atoms with Gasteiger partial charge in [0.05, 0.1) is 23.4 Å². The summed E-state index contributed by atoms with van der Waals surface area (Å²) in [5, 5.41) is 28.8. The van der Waals surface area contributed by atoms with E-state index in [0.717, 1.165) is 49.9 Å². The summed E-state index contributed by atoms with van der Waals surface area (Å²) in [5.74, 6) is 0.256. The lowest BCUT2D eigenvalue weighted by atomic mass is 9.99. The van der Waals surface area contributed by atoms with Crippen LogP contribution in [0.3, 0.4) is 0 Å². The lowest BCUT2D eigenvalue weighted by Gasteiger charge is -2.28. The van der Waals surface area contributed by atoms with E-state index in [0.29, 0.717) is 11.5 Å². The highest BCUT2D eigenvalue weighted by Gasteiger charge is 2.36. The number of nitrogens with zero attached hydrogens (tertiary/aromatic N) is 3. The van der Waals surface area contributed by atoms with Gasteiger partial charge in [-0.15, -0.1) is 10.2 Å². The van der Waals surface area contributed by atoms with Gasteiger partial charge in [0.1, 0.15) is 5.75 Å². The molecule has 0 bridgehead atoms. The fraction of sp³-hybridized carbons (Fsp3) is 0.474. The molecule has 5 nitrogen and oxygen atoms in total. The molecule has 1 saturated carbocycles. The highest BCUT2D eigenvalue weighted by Crippen LogP contribution is 2.40. The van der Waals surface area contributed by atoms with E-state index < -0.39 is 17.5 Å². The lowest BCUT2D eigenvalue weighted by molar-refractivity contribution is -0.137. The van der Waals surface area contributed by atoms with E-state index in [4.69, 9.17) is 0 Å². The number of aliphatic hydroxyl groups excluding tert-OH is 1. The van der Waals surface area contributed by atoms with E-state index in [1.54, 1.807) is 6.07 Å². The van der Waals surface area contributed by atoms with Crippen molar-refractivity contribution in [1.29, 1.82) is 0 Å². The van der Waals surface area contributed by atoms with Crippen LogP contribution in [0.5, 0.6) is 5.75 Å². The number of fused-ring (bicyclic) bond motifs is 1. The minimum Gasteiger partial charge on any atom is -0.507 e. The maximum Gasteiger partial charge on any atom is 0.416 e. The van der Waals surface area contributed by atoms with E-state index in [-0.39, 0.29) is 23.3 Å². The summed E-state index contributed by atoms with van der Waals surface area (Å²) in [6.07, 6.45) is -1.52. The molecule has 0 unspecified atom stereocenters. The number of phenols is 1. The number of hydrogen-bond acceptors (Lipinski definition) is 5. The monoisotopic (exact) mass is 379 g/mol. The van der Waals surface area contributed by atoms with E-state index in [2.05, 4.69) is 15.1 Å². The van der Waals surface area contributed by atoms with Crippen molar-refractivity contribution in [2.24, 2.45) is 0 Å². The molecule has 0 amide bonds. The third kappa shape index (κ3) is 3.12. The number of alkyl halides is 3. The van der Waals surface area contributed by atoms with Gasteiger partial charge in [0, 0.05) is 17.7 Å². The molecule has 8 heteroatoms. The van der Waals surface area contributed by atoms with E-state index in [1.807, 2.05) is 0 Å². The Kier molecular flexibility index (Phi) is 4.25. The third-order valence-electron chi connectivity index (χ3n) is 5.49. The summed E-state index contributed by atoms with van der Waals surface area (Å²) in [5.41, 5.74) is 0.941. The van der Waals surface area contributed by atoms with Gasteiger partial charge in [0.15, 0.2) is 5.82 Å². The molecule has 2 aromatic rings. The average molecular weight is 379 g/mol. The first kappa shape index (κ1) is 18.0. The number of benzene rings is 1. The number of aromatic nitrogens is 2. The number of aryl methyl sites for hydroxylation is 1. The van der Waals surface area contributed by atoms with Crippen LogP contribution in [0.1, 0.15) is 36.0 Å². The topological polar surface area (TPSA) is 69.5 Å². The van der Waals surface area contributed by atoms with Crippen molar-refractivity contribution in [3.63, 3.8) is 0 Å². The summed E-state index contributed by atoms with van der Waals surface area (Å²) >= 11 is 0. The molecule has 4 rings (SSSR count). The lowest BCUT2D eigenvalue weighted by Crippen LogP contribution is -2.39. The molecule has 2 heterocycles.